The molecule has 0 aliphatic rings. The van der Waals surface area contributed by atoms with Gasteiger partial charge in [0.15, 0.2) is 0 Å². The molecule has 0 saturated heterocycles. The van der Waals surface area contributed by atoms with Crippen LogP contribution in [0.5, 0.6) is 0 Å². The number of fused-ring (bicyclic) bond motifs is 7. The Morgan fingerprint density at radius 1 is 0.255 bits per heavy atom. The van der Waals surface area contributed by atoms with E-state index in [9.17, 15) is 0 Å². The van der Waals surface area contributed by atoms with Crippen LogP contribution in [0.1, 0.15) is 0 Å². The average Bonchev–Trinajstić information content (AvgIpc) is 3.59. The predicted molar refractivity (Wildman–Crippen MR) is 235 cm³/mol. The first-order chi connectivity index (χ1) is 27.3. The molecule has 256 valence electrons. The summed E-state index contributed by atoms with van der Waals surface area (Å²) in [6.07, 6.45) is 0. The van der Waals surface area contributed by atoms with Crippen LogP contribution < -0.4 is 0 Å². The van der Waals surface area contributed by atoms with Gasteiger partial charge in [-0.05, 0) is 113 Å². The number of aromatic nitrogens is 1. The topological polar surface area (TPSA) is 4.93 Å². The van der Waals surface area contributed by atoms with Crippen LogP contribution in [-0.4, -0.2) is 4.57 Å². The lowest BCUT2D eigenvalue weighted by Gasteiger charge is -2.19. The van der Waals surface area contributed by atoms with Crippen molar-refractivity contribution >= 4 is 54.1 Å². The second-order valence-electron chi connectivity index (χ2n) is 14.4. The predicted octanol–water partition coefficient (Wildman–Crippen LogP) is 14.9. The van der Waals surface area contributed by atoms with Crippen LogP contribution in [0.15, 0.2) is 212 Å². The minimum absolute atomic E-state index is 1.16. The lowest BCUT2D eigenvalue weighted by atomic mass is 9.84. The molecule has 55 heavy (non-hydrogen) atoms. The summed E-state index contributed by atoms with van der Waals surface area (Å²) >= 11 is 0. The second kappa shape index (κ2) is 12.7. The molecule has 1 heterocycles. The van der Waals surface area contributed by atoms with Gasteiger partial charge >= 0.3 is 0 Å². The lowest BCUT2D eigenvalue weighted by molar-refractivity contribution is 1.18. The highest BCUT2D eigenvalue weighted by molar-refractivity contribution is 6.28. The van der Waals surface area contributed by atoms with E-state index >= 15 is 0 Å². The molecule has 1 aromatic heterocycles. The summed E-state index contributed by atoms with van der Waals surface area (Å²) in [4.78, 5) is 0. The van der Waals surface area contributed by atoms with Crippen molar-refractivity contribution < 1.29 is 0 Å². The van der Waals surface area contributed by atoms with E-state index in [1.807, 2.05) is 0 Å². The van der Waals surface area contributed by atoms with Gasteiger partial charge in [-0.1, -0.05) is 176 Å². The number of benzene rings is 10. The van der Waals surface area contributed by atoms with Crippen molar-refractivity contribution in [3.05, 3.63) is 212 Å². The van der Waals surface area contributed by atoms with Gasteiger partial charge in [0.1, 0.15) is 0 Å². The van der Waals surface area contributed by atoms with E-state index in [1.54, 1.807) is 0 Å². The molecule has 0 bridgehead atoms. The van der Waals surface area contributed by atoms with Crippen molar-refractivity contribution in [3.63, 3.8) is 0 Å². The van der Waals surface area contributed by atoms with Crippen LogP contribution in [0.2, 0.25) is 0 Å². The number of para-hydroxylation sites is 1. The number of hydrogen-bond donors (Lipinski definition) is 0. The van der Waals surface area contributed by atoms with Gasteiger partial charge in [-0.3, -0.25) is 0 Å². The van der Waals surface area contributed by atoms with E-state index < -0.39 is 0 Å². The summed E-state index contributed by atoms with van der Waals surface area (Å²) in [6.45, 7) is 0. The molecule has 1 heteroatoms. The first-order valence-corrected chi connectivity index (χ1v) is 19.0. The lowest BCUT2D eigenvalue weighted by Crippen LogP contribution is -1.93. The summed E-state index contributed by atoms with van der Waals surface area (Å²) in [5.41, 5.74) is 13.4. The normalized spacial score (nSPS) is 11.6. The Hall–Kier alpha value is -7.22. The van der Waals surface area contributed by atoms with Crippen LogP contribution in [0.25, 0.3) is 104 Å². The zero-order chi connectivity index (χ0) is 36.3. The van der Waals surface area contributed by atoms with Crippen LogP contribution in [0, 0.1) is 0 Å². The monoisotopic (exact) mass is 697 g/mol. The van der Waals surface area contributed by atoms with Gasteiger partial charge in [0.05, 0.1) is 11.0 Å². The van der Waals surface area contributed by atoms with Gasteiger partial charge in [-0.15, -0.1) is 0 Å². The number of rotatable bonds is 5. The smallest absolute Gasteiger partial charge is 0.0541 e. The highest BCUT2D eigenvalue weighted by Gasteiger charge is 2.19. The zero-order valence-corrected chi connectivity index (χ0v) is 30.2. The Morgan fingerprint density at radius 3 is 1.35 bits per heavy atom. The van der Waals surface area contributed by atoms with Crippen molar-refractivity contribution in [2.24, 2.45) is 0 Å². The molecule has 11 aromatic rings. The Labute approximate surface area is 320 Å². The molecule has 0 aliphatic heterocycles. The van der Waals surface area contributed by atoms with Gasteiger partial charge < -0.3 is 4.57 Å². The Balaban J connectivity index is 1.10. The molecule has 0 radical (unpaired) electrons. The van der Waals surface area contributed by atoms with Gasteiger partial charge in [0, 0.05) is 16.5 Å². The molecule has 0 amide bonds. The SMILES string of the molecule is c1ccc(-c2ccc3c(c2)c2cc(-c4ccc(-c5c6ccccc6c(-c6ccccc6)c6c5ccc5ccccc56)cc4)ccc2n3-c2ccccc2)cc1. The molecule has 0 N–H and O–H groups in total. The fraction of sp³-hybridized carbons (Fsp3) is 0. The summed E-state index contributed by atoms with van der Waals surface area (Å²) < 4.78 is 2.39. The molecular weight excluding hydrogens is 663 g/mol. The van der Waals surface area contributed by atoms with Crippen molar-refractivity contribution in [1.29, 1.82) is 0 Å². The van der Waals surface area contributed by atoms with Crippen molar-refractivity contribution in [2.75, 3.05) is 0 Å². The van der Waals surface area contributed by atoms with Gasteiger partial charge in [-0.2, -0.15) is 0 Å². The summed E-state index contributed by atoms with van der Waals surface area (Å²) in [7, 11) is 0. The standard InChI is InChI=1S/C54H35N/c1-4-14-36(15-5-1)41-29-32-50-48(34-41)49-35-42(30-33-51(49)55(50)43-19-8-3-9-20-43)37-24-26-40(27-25-37)52-45-22-12-13-23-46(45)53(39-17-6-2-7-18-39)54-44-21-11-10-16-38(44)28-31-47(52)54/h1-35H. The van der Waals surface area contributed by atoms with E-state index in [0.717, 1.165) is 5.69 Å². The highest BCUT2D eigenvalue weighted by Crippen LogP contribution is 2.46. The van der Waals surface area contributed by atoms with Crippen molar-refractivity contribution in [2.45, 2.75) is 0 Å². The summed E-state index contributed by atoms with van der Waals surface area (Å²) in [5, 5.41) is 10.1. The highest BCUT2D eigenvalue weighted by atomic mass is 15.0. The molecule has 10 aromatic carbocycles. The number of nitrogens with zero attached hydrogens (tertiary/aromatic N) is 1. The van der Waals surface area contributed by atoms with Gasteiger partial charge in [-0.25, -0.2) is 0 Å². The van der Waals surface area contributed by atoms with Crippen LogP contribution in [0.4, 0.5) is 0 Å². The summed E-state index contributed by atoms with van der Waals surface area (Å²) in [6, 6.07) is 77.7. The van der Waals surface area contributed by atoms with E-state index in [-0.39, 0.29) is 0 Å². The molecular formula is C54H35N. The largest absolute Gasteiger partial charge is 0.309 e. The van der Waals surface area contributed by atoms with Crippen molar-refractivity contribution in [3.8, 4) is 50.2 Å². The van der Waals surface area contributed by atoms with E-state index in [2.05, 4.69) is 217 Å². The van der Waals surface area contributed by atoms with Crippen LogP contribution >= 0.6 is 0 Å². The maximum atomic E-state index is 2.39. The minimum atomic E-state index is 1.16. The maximum absolute atomic E-state index is 2.39. The van der Waals surface area contributed by atoms with Crippen LogP contribution in [0.3, 0.4) is 0 Å². The third-order valence-corrected chi connectivity index (χ3v) is 11.4. The molecule has 0 unspecified atom stereocenters. The van der Waals surface area contributed by atoms with Crippen LogP contribution in [-0.2, 0) is 0 Å². The molecule has 0 spiro atoms. The maximum Gasteiger partial charge on any atom is 0.0541 e. The number of hydrogen-bond acceptors (Lipinski definition) is 0. The zero-order valence-electron chi connectivity index (χ0n) is 30.2. The molecule has 0 fully saturated rings. The Kier molecular flexibility index (Phi) is 7.25. The third kappa shape index (κ3) is 5.09. The fourth-order valence-electron chi connectivity index (χ4n) is 8.86. The summed E-state index contributed by atoms with van der Waals surface area (Å²) in [5.74, 6) is 0. The molecule has 0 saturated carbocycles. The quantitative estimate of drug-likeness (QED) is 0.125. The first kappa shape index (κ1) is 31.3. The molecule has 0 aliphatic carbocycles. The van der Waals surface area contributed by atoms with E-state index in [4.69, 9.17) is 0 Å². The minimum Gasteiger partial charge on any atom is -0.309 e. The fourth-order valence-corrected chi connectivity index (χ4v) is 8.86. The molecule has 0 atom stereocenters. The molecule has 11 rings (SSSR count). The first-order valence-electron chi connectivity index (χ1n) is 19.0. The van der Waals surface area contributed by atoms with Gasteiger partial charge in [0.2, 0.25) is 0 Å². The van der Waals surface area contributed by atoms with Gasteiger partial charge in [0.25, 0.3) is 0 Å². The Morgan fingerprint density at radius 2 is 0.709 bits per heavy atom. The molecule has 1 nitrogen and oxygen atoms in total. The second-order valence-corrected chi connectivity index (χ2v) is 14.4. The Bertz CT molecular complexity index is 3210. The third-order valence-electron chi connectivity index (χ3n) is 11.4. The van der Waals surface area contributed by atoms with E-state index in [0.29, 0.717) is 0 Å². The van der Waals surface area contributed by atoms with Crippen molar-refractivity contribution in [1.82, 2.24) is 4.57 Å². The average molecular weight is 698 g/mol. The van der Waals surface area contributed by atoms with E-state index in [1.165, 1.54) is 98.6 Å².